The summed E-state index contributed by atoms with van der Waals surface area (Å²) in [6.45, 7) is 1.30. The summed E-state index contributed by atoms with van der Waals surface area (Å²) in [4.78, 5) is 1.21. The summed E-state index contributed by atoms with van der Waals surface area (Å²) < 4.78 is 5.72. The van der Waals surface area contributed by atoms with Crippen LogP contribution in [0.5, 0.6) is 0 Å². The van der Waals surface area contributed by atoms with Gasteiger partial charge in [-0.3, -0.25) is 0 Å². The Hall–Kier alpha value is -1.64. The Morgan fingerprint density at radius 3 is 2.28 bits per heavy atom. The molecule has 0 N–H and O–H groups in total. The zero-order valence-corrected chi connectivity index (χ0v) is 11.0. The maximum atomic E-state index is 5.72. The zero-order chi connectivity index (χ0) is 12.5. The van der Waals surface area contributed by atoms with Crippen LogP contribution in [0.1, 0.15) is 10.4 Å². The van der Waals surface area contributed by atoms with Gasteiger partial charge in [0.05, 0.1) is 13.2 Å². The van der Waals surface area contributed by atoms with E-state index in [0.29, 0.717) is 13.2 Å². The van der Waals surface area contributed by atoms with E-state index in [1.165, 1.54) is 10.4 Å². The second kappa shape index (κ2) is 7.64. The third kappa shape index (κ3) is 4.70. The smallest absolute Gasteiger partial charge is 0.0813 e. The van der Waals surface area contributed by atoms with Crippen molar-refractivity contribution in [2.75, 3.05) is 0 Å². The lowest BCUT2D eigenvalue weighted by molar-refractivity contribution is 0.109. The Bertz CT molecular complexity index is 479. The molecule has 1 heterocycles. The Kier molecular flexibility index (Phi) is 5.44. The summed E-state index contributed by atoms with van der Waals surface area (Å²) >= 11 is 1.70. The minimum atomic E-state index is 0.647. The van der Waals surface area contributed by atoms with Gasteiger partial charge in [0.25, 0.3) is 0 Å². The molecule has 0 amide bonds. The predicted octanol–water partition coefficient (Wildman–Crippen LogP) is 4.59. The fourth-order valence-corrected chi connectivity index (χ4v) is 2.15. The van der Waals surface area contributed by atoms with E-state index >= 15 is 0 Å². The van der Waals surface area contributed by atoms with E-state index < -0.39 is 0 Å². The van der Waals surface area contributed by atoms with E-state index in [4.69, 9.17) is 4.74 Å². The van der Waals surface area contributed by atoms with Crippen LogP contribution in [0.2, 0.25) is 0 Å². The molecule has 0 saturated heterocycles. The summed E-state index contributed by atoms with van der Waals surface area (Å²) in [7, 11) is 0. The summed E-state index contributed by atoms with van der Waals surface area (Å²) in [5.74, 6) is 0. The Balaban J connectivity index is 1.93. The maximum absolute atomic E-state index is 5.72. The molecule has 0 aliphatic carbocycles. The summed E-state index contributed by atoms with van der Waals surface area (Å²) in [5, 5.41) is 2.07. The molecule has 1 nitrogen and oxygen atoms in total. The highest BCUT2D eigenvalue weighted by atomic mass is 32.1. The van der Waals surface area contributed by atoms with Crippen molar-refractivity contribution in [2.24, 2.45) is 0 Å². The first kappa shape index (κ1) is 12.8. The van der Waals surface area contributed by atoms with Crippen molar-refractivity contribution in [3.63, 3.8) is 0 Å². The zero-order valence-electron chi connectivity index (χ0n) is 10.2. The molecule has 0 bridgehead atoms. The number of hydrogen-bond acceptors (Lipinski definition) is 2. The molecule has 18 heavy (non-hydrogen) atoms. The molecular formula is C16H16OS. The lowest BCUT2D eigenvalue weighted by atomic mass is 10.2. The number of ether oxygens (including phenoxy) is 1. The van der Waals surface area contributed by atoms with Crippen LogP contribution in [0.25, 0.3) is 0 Å². The quantitative estimate of drug-likeness (QED) is 0.777. The van der Waals surface area contributed by atoms with E-state index in [9.17, 15) is 0 Å². The average molecular weight is 256 g/mol. The van der Waals surface area contributed by atoms with Crippen LogP contribution in [0.3, 0.4) is 0 Å². The Labute approximate surface area is 112 Å². The van der Waals surface area contributed by atoms with E-state index in [1.54, 1.807) is 11.3 Å². The van der Waals surface area contributed by atoms with Crippen LogP contribution in [0.4, 0.5) is 0 Å². The first-order chi connectivity index (χ1) is 8.95. The second-order valence-electron chi connectivity index (χ2n) is 3.83. The summed E-state index contributed by atoms with van der Waals surface area (Å²) in [6.07, 6.45) is 0. The van der Waals surface area contributed by atoms with Gasteiger partial charge in [0.2, 0.25) is 0 Å². The maximum Gasteiger partial charge on any atom is 0.0813 e. The predicted molar refractivity (Wildman–Crippen MR) is 76.9 cm³/mol. The van der Waals surface area contributed by atoms with Gasteiger partial charge in [-0.1, -0.05) is 60.7 Å². The highest BCUT2D eigenvalue weighted by molar-refractivity contribution is 7.09. The van der Waals surface area contributed by atoms with Crippen molar-refractivity contribution in [1.82, 2.24) is 0 Å². The van der Waals surface area contributed by atoms with Crippen LogP contribution in [-0.2, 0) is 18.0 Å². The fourth-order valence-electron chi connectivity index (χ4n) is 1.49. The van der Waals surface area contributed by atoms with Gasteiger partial charge in [-0.2, -0.15) is 0 Å². The van der Waals surface area contributed by atoms with E-state index in [-0.39, 0.29) is 0 Å². The largest absolute Gasteiger partial charge is 0.371 e. The standard InChI is InChI=1S/C16H16OS/c1-2-7-11-16(18-12-8-3-1)14-17-13-15-9-5-4-6-10-15/h1-12H,13-14H2. The van der Waals surface area contributed by atoms with Crippen molar-refractivity contribution in [3.8, 4) is 0 Å². The van der Waals surface area contributed by atoms with Gasteiger partial charge in [-0.15, -0.1) is 11.3 Å². The topological polar surface area (TPSA) is 9.23 Å². The van der Waals surface area contributed by atoms with Crippen LogP contribution in [-0.4, -0.2) is 0 Å². The molecule has 2 aromatic rings. The van der Waals surface area contributed by atoms with Crippen molar-refractivity contribution >= 4 is 11.3 Å². The molecule has 2 heteroatoms. The lowest BCUT2D eigenvalue weighted by Gasteiger charge is -2.02. The van der Waals surface area contributed by atoms with Gasteiger partial charge < -0.3 is 4.74 Å². The van der Waals surface area contributed by atoms with E-state index in [2.05, 4.69) is 23.6 Å². The molecule has 0 saturated carbocycles. The van der Waals surface area contributed by atoms with Gasteiger partial charge >= 0.3 is 0 Å². The van der Waals surface area contributed by atoms with Crippen LogP contribution in [0.15, 0.2) is 72.1 Å². The number of rotatable bonds is 4. The first-order valence-corrected chi connectivity index (χ1v) is 6.80. The molecule has 0 spiro atoms. The van der Waals surface area contributed by atoms with Gasteiger partial charge in [0.1, 0.15) is 0 Å². The van der Waals surface area contributed by atoms with Gasteiger partial charge in [-0.05, 0) is 17.0 Å². The highest BCUT2D eigenvalue weighted by Gasteiger charge is 1.93. The lowest BCUT2D eigenvalue weighted by Crippen LogP contribution is -1.91. The number of benzene rings is 1. The normalized spacial score (nSPS) is 9.78. The van der Waals surface area contributed by atoms with Crippen molar-refractivity contribution in [2.45, 2.75) is 13.2 Å². The molecule has 2 rings (SSSR count). The van der Waals surface area contributed by atoms with Crippen molar-refractivity contribution < 1.29 is 4.74 Å². The molecule has 1 aromatic carbocycles. The van der Waals surface area contributed by atoms with Crippen LogP contribution >= 0.6 is 11.3 Å². The Morgan fingerprint density at radius 1 is 0.722 bits per heavy atom. The highest BCUT2D eigenvalue weighted by Crippen LogP contribution is 2.08. The minimum Gasteiger partial charge on any atom is -0.371 e. The van der Waals surface area contributed by atoms with Gasteiger partial charge in [0, 0.05) is 4.88 Å². The molecule has 0 atom stereocenters. The summed E-state index contributed by atoms with van der Waals surface area (Å²) in [6, 6.07) is 22.5. The molecule has 0 fully saturated rings. The molecule has 0 unspecified atom stereocenters. The molecule has 1 aromatic heterocycles. The van der Waals surface area contributed by atoms with Crippen molar-refractivity contribution in [1.29, 1.82) is 0 Å². The van der Waals surface area contributed by atoms with Crippen LogP contribution in [0, 0.1) is 0 Å². The SMILES string of the molecule is c1cccsc(COCc2ccccc2)ccc1. The average Bonchev–Trinajstić information content (AvgIpc) is 2.54. The summed E-state index contributed by atoms with van der Waals surface area (Å²) in [5.41, 5.74) is 1.21. The molecule has 0 aliphatic heterocycles. The fraction of sp³-hybridized carbons (Fsp3) is 0.125. The molecule has 92 valence electrons. The third-order valence-electron chi connectivity index (χ3n) is 2.38. The van der Waals surface area contributed by atoms with E-state index in [0.717, 1.165) is 0 Å². The van der Waals surface area contributed by atoms with E-state index in [1.807, 2.05) is 48.5 Å². The number of hydrogen-bond donors (Lipinski definition) is 0. The second-order valence-corrected chi connectivity index (χ2v) is 4.86. The first-order valence-electron chi connectivity index (χ1n) is 5.92. The molecular weight excluding hydrogens is 240 g/mol. The molecule has 0 aliphatic rings. The third-order valence-corrected chi connectivity index (χ3v) is 3.23. The minimum absolute atomic E-state index is 0.647. The Morgan fingerprint density at radius 2 is 1.39 bits per heavy atom. The molecule has 0 radical (unpaired) electrons. The van der Waals surface area contributed by atoms with Crippen molar-refractivity contribution in [3.05, 3.63) is 82.6 Å². The van der Waals surface area contributed by atoms with Gasteiger partial charge in [-0.25, -0.2) is 0 Å². The monoisotopic (exact) mass is 256 g/mol. The van der Waals surface area contributed by atoms with Gasteiger partial charge in [0.15, 0.2) is 0 Å². The van der Waals surface area contributed by atoms with Crippen LogP contribution < -0.4 is 0 Å².